The predicted octanol–water partition coefficient (Wildman–Crippen LogP) is 2.89. The van der Waals surface area contributed by atoms with E-state index in [2.05, 4.69) is 20.7 Å². The lowest BCUT2D eigenvalue weighted by Gasteiger charge is -2.17. The fourth-order valence-electron chi connectivity index (χ4n) is 1.70. The quantitative estimate of drug-likeness (QED) is 0.785. The maximum atomic E-state index is 12.3. The van der Waals surface area contributed by atoms with Gasteiger partial charge in [-0.1, -0.05) is 20.3 Å². The smallest absolute Gasteiger partial charge is 0.242 e. The van der Waals surface area contributed by atoms with Crippen LogP contribution in [0.5, 0.6) is 0 Å². The molecule has 0 aliphatic carbocycles. The number of nitrogens with one attached hydrogen (secondary N) is 1. The van der Waals surface area contributed by atoms with Crippen LogP contribution >= 0.6 is 15.9 Å². The molecule has 0 amide bonds. The van der Waals surface area contributed by atoms with Gasteiger partial charge in [-0.2, -0.15) is 0 Å². The Labute approximate surface area is 117 Å². The van der Waals surface area contributed by atoms with Gasteiger partial charge in [0.1, 0.15) is 0 Å². The second-order valence-corrected chi connectivity index (χ2v) is 6.74. The van der Waals surface area contributed by atoms with Crippen molar-refractivity contribution in [1.82, 2.24) is 4.72 Å². The van der Waals surface area contributed by atoms with Crippen molar-refractivity contribution in [2.24, 2.45) is 0 Å². The number of sulfonamides is 1. The molecule has 0 heterocycles. The molecular weight excluding hydrogens is 316 g/mol. The summed E-state index contributed by atoms with van der Waals surface area (Å²) in [6, 6.07) is 4.73. The third kappa shape index (κ3) is 3.96. The van der Waals surface area contributed by atoms with Crippen LogP contribution in [-0.4, -0.2) is 14.5 Å². The summed E-state index contributed by atoms with van der Waals surface area (Å²) in [5.41, 5.74) is 6.07. The summed E-state index contributed by atoms with van der Waals surface area (Å²) in [5.74, 6) is 0. The minimum atomic E-state index is -3.52. The second-order valence-electron chi connectivity index (χ2n) is 4.20. The number of halogens is 1. The van der Waals surface area contributed by atoms with Crippen LogP contribution in [0.3, 0.4) is 0 Å². The van der Waals surface area contributed by atoms with E-state index in [-0.39, 0.29) is 10.9 Å². The van der Waals surface area contributed by atoms with Gasteiger partial charge in [0.2, 0.25) is 10.0 Å². The zero-order chi connectivity index (χ0) is 13.8. The normalized spacial score (nSPS) is 13.5. The Morgan fingerprint density at radius 3 is 2.61 bits per heavy atom. The van der Waals surface area contributed by atoms with E-state index >= 15 is 0 Å². The first-order valence-corrected chi connectivity index (χ1v) is 8.25. The van der Waals surface area contributed by atoms with E-state index < -0.39 is 10.0 Å². The van der Waals surface area contributed by atoms with Gasteiger partial charge in [-0.05, 0) is 47.0 Å². The van der Waals surface area contributed by atoms with E-state index in [1.807, 2.05) is 13.8 Å². The molecule has 0 bridgehead atoms. The first-order chi connectivity index (χ1) is 8.40. The Balaban J connectivity index is 3.02. The average molecular weight is 335 g/mol. The summed E-state index contributed by atoms with van der Waals surface area (Å²) in [6.45, 7) is 4.00. The molecule has 0 radical (unpaired) electrons. The molecule has 1 atom stereocenters. The SMILES string of the molecule is CCCC(CC)NS(=O)(=O)c1cc(N)ccc1Br. The van der Waals surface area contributed by atoms with Gasteiger partial charge in [0, 0.05) is 16.2 Å². The van der Waals surface area contributed by atoms with E-state index in [0.717, 1.165) is 19.3 Å². The van der Waals surface area contributed by atoms with Crippen LogP contribution in [-0.2, 0) is 10.0 Å². The molecule has 1 aromatic carbocycles. The lowest BCUT2D eigenvalue weighted by atomic mass is 10.1. The number of rotatable bonds is 6. The van der Waals surface area contributed by atoms with Gasteiger partial charge in [-0.3, -0.25) is 0 Å². The minimum absolute atomic E-state index is 0.0340. The third-order valence-electron chi connectivity index (χ3n) is 2.70. The third-order valence-corrected chi connectivity index (χ3v) is 5.21. The van der Waals surface area contributed by atoms with Gasteiger partial charge in [0.25, 0.3) is 0 Å². The average Bonchev–Trinajstić information content (AvgIpc) is 2.31. The lowest BCUT2D eigenvalue weighted by molar-refractivity contribution is 0.512. The maximum Gasteiger partial charge on any atom is 0.242 e. The van der Waals surface area contributed by atoms with Gasteiger partial charge < -0.3 is 5.73 Å². The Morgan fingerprint density at radius 1 is 1.39 bits per heavy atom. The van der Waals surface area contributed by atoms with Crippen LogP contribution in [0.15, 0.2) is 27.6 Å². The largest absolute Gasteiger partial charge is 0.399 e. The van der Waals surface area contributed by atoms with Crippen LogP contribution in [0, 0.1) is 0 Å². The summed E-state index contributed by atoms with van der Waals surface area (Å²) in [5, 5.41) is 0. The highest BCUT2D eigenvalue weighted by atomic mass is 79.9. The van der Waals surface area contributed by atoms with Crippen molar-refractivity contribution >= 4 is 31.6 Å². The maximum absolute atomic E-state index is 12.3. The minimum Gasteiger partial charge on any atom is -0.399 e. The monoisotopic (exact) mass is 334 g/mol. The van der Waals surface area contributed by atoms with E-state index in [1.54, 1.807) is 12.1 Å². The molecule has 1 aromatic rings. The topological polar surface area (TPSA) is 72.2 Å². The number of anilines is 1. The number of benzene rings is 1. The van der Waals surface area contributed by atoms with Crippen LogP contribution in [0.25, 0.3) is 0 Å². The molecule has 0 saturated heterocycles. The van der Waals surface area contributed by atoms with Crippen molar-refractivity contribution in [3.05, 3.63) is 22.7 Å². The molecular formula is C12H19BrN2O2S. The van der Waals surface area contributed by atoms with E-state index in [0.29, 0.717) is 10.2 Å². The number of hydrogen-bond donors (Lipinski definition) is 2. The van der Waals surface area contributed by atoms with Crippen molar-refractivity contribution in [2.75, 3.05) is 5.73 Å². The zero-order valence-electron chi connectivity index (χ0n) is 10.6. The van der Waals surface area contributed by atoms with E-state index in [1.165, 1.54) is 6.07 Å². The highest BCUT2D eigenvalue weighted by molar-refractivity contribution is 9.10. The van der Waals surface area contributed by atoms with Crippen molar-refractivity contribution in [3.63, 3.8) is 0 Å². The van der Waals surface area contributed by atoms with Gasteiger partial charge >= 0.3 is 0 Å². The van der Waals surface area contributed by atoms with Crippen molar-refractivity contribution in [2.45, 2.75) is 44.0 Å². The Bertz CT molecular complexity index is 503. The molecule has 0 saturated carbocycles. The summed E-state index contributed by atoms with van der Waals surface area (Å²) in [6.07, 6.45) is 2.54. The fraction of sp³-hybridized carbons (Fsp3) is 0.500. The summed E-state index contributed by atoms with van der Waals surface area (Å²) < 4.78 is 27.7. The predicted molar refractivity (Wildman–Crippen MR) is 77.9 cm³/mol. The molecule has 0 spiro atoms. The summed E-state index contributed by atoms with van der Waals surface area (Å²) in [4.78, 5) is 0.192. The van der Waals surface area contributed by atoms with Crippen molar-refractivity contribution < 1.29 is 8.42 Å². The molecule has 18 heavy (non-hydrogen) atoms. The van der Waals surface area contributed by atoms with Crippen LogP contribution in [0.1, 0.15) is 33.1 Å². The Kier molecular flexibility index (Phi) is 5.62. The molecule has 1 unspecified atom stereocenters. The molecule has 0 aliphatic heterocycles. The van der Waals surface area contributed by atoms with Crippen LogP contribution < -0.4 is 10.5 Å². The molecule has 102 valence electrons. The molecule has 0 fully saturated rings. The number of hydrogen-bond acceptors (Lipinski definition) is 3. The number of nitrogens with two attached hydrogens (primary N) is 1. The van der Waals surface area contributed by atoms with E-state index in [4.69, 9.17) is 5.73 Å². The van der Waals surface area contributed by atoms with Crippen molar-refractivity contribution in [3.8, 4) is 0 Å². The number of nitrogen functional groups attached to an aromatic ring is 1. The molecule has 0 aliphatic rings. The van der Waals surface area contributed by atoms with Gasteiger partial charge in [0.05, 0.1) is 4.90 Å². The van der Waals surface area contributed by atoms with Crippen LogP contribution in [0.2, 0.25) is 0 Å². The molecule has 0 aromatic heterocycles. The highest BCUT2D eigenvalue weighted by Crippen LogP contribution is 2.24. The summed E-state index contributed by atoms with van der Waals surface area (Å²) >= 11 is 3.24. The van der Waals surface area contributed by atoms with Gasteiger partial charge in [0.15, 0.2) is 0 Å². The summed E-state index contributed by atoms with van der Waals surface area (Å²) in [7, 11) is -3.52. The molecule has 4 nitrogen and oxygen atoms in total. The fourth-order valence-corrected chi connectivity index (χ4v) is 4.06. The first-order valence-electron chi connectivity index (χ1n) is 5.98. The van der Waals surface area contributed by atoms with Crippen LogP contribution in [0.4, 0.5) is 5.69 Å². The lowest BCUT2D eigenvalue weighted by Crippen LogP contribution is -2.34. The highest BCUT2D eigenvalue weighted by Gasteiger charge is 2.21. The Morgan fingerprint density at radius 2 is 2.06 bits per heavy atom. The van der Waals surface area contributed by atoms with Gasteiger partial charge in [-0.25, -0.2) is 13.1 Å². The zero-order valence-corrected chi connectivity index (χ0v) is 13.0. The second kappa shape index (κ2) is 6.54. The molecule has 3 N–H and O–H groups in total. The first kappa shape index (κ1) is 15.5. The molecule has 1 rings (SSSR count). The van der Waals surface area contributed by atoms with E-state index in [9.17, 15) is 8.42 Å². The Hall–Kier alpha value is -0.590. The molecule has 6 heteroatoms. The van der Waals surface area contributed by atoms with Crippen molar-refractivity contribution in [1.29, 1.82) is 0 Å². The standard InChI is InChI=1S/C12H19BrN2O2S/c1-3-5-10(4-2)15-18(16,17)12-8-9(14)6-7-11(12)13/h6-8,10,15H,3-5,14H2,1-2H3. The van der Waals surface area contributed by atoms with Gasteiger partial charge in [-0.15, -0.1) is 0 Å².